The lowest BCUT2D eigenvalue weighted by Gasteiger charge is -2.63. The highest BCUT2D eigenvalue weighted by molar-refractivity contribution is 6.04. The summed E-state index contributed by atoms with van der Waals surface area (Å²) in [6, 6.07) is 0. The van der Waals surface area contributed by atoms with Gasteiger partial charge in [-0.1, -0.05) is 39.7 Å². The lowest BCUT2D eigenvalue weighted by Crippen LogP contribution is -2.70. The number of carbonyl (C=O) groups excluding carboxylic acids is 2. The summed E-state index contributed by atoms with van der Waals surface area (Å²) in [4.78, 5) is 25.3. The summed E-state index contributed by atoms with van der Waals surface area (Å²) in [6.45, 7) is 7.14. The number of alkyl halides is 1. The van der Waals surface area contributed by atoms with Crippen LogP contribution in [0.1, 0.15) is 72.6 Å². The number of ketones is 2. The molecule has 0 aromatic carbocycles. The minimum Gasteiger partial charge on any atom is -0.390 e. The summed E-state index contributed by atoms with van der Waals surface area (Å²) >= 11 is 0. The van der Waals surface area contributed by atoms with E-state index in [1.165, 1.54) is 6.08 Å². The number of hydrogen-bond donors (Lipinski definition) is 2. The van der Waals surface area contributed by atoms with E-state index in [1.807, 2.05) is 13.8 Å². The first-order chi connectivity index (χ1) is 16.0. The summed E-state index contributed by atoms with van der Waals surface area (Å²) < 4.78 is 38.5. The fourth-order valence-electron chi connectivity index (χ4n) is 8.29. The van der Waals surface area contributed by atoms with Crippen molar-refractivity contribution < 1.29 is 33.3 Å². The van der Waals surface area contributed by atoms with Gasteiger partial charge < -0.3 is 14.9 Å². The quantitative estimate of drug-likeness (QED) is 0.528. The highest BCUT2D eigenvalue weighted by atomic mass is 19.1. The number of carbonyl (C=O) groups is 2. The molecular formula is C27H38F2O5. The second-order valence-corrected chi connectivity index (χ2v) is 11.4. The Morgan fingerprint density at radius 1 is 1.26 bits per heavy atom. The number of hydrogen-bond acceptors (Lipinski definition) is 5. The van der Waals surface area contributed by atoms with Gasteiger partial charge in [-0.05, 0) is 62.5 Å². The molecule has 4 aliphatic carbocycles. The van der Waals surface area contributed by atoms with E-state index in [0.717, 1.165) is 25.3 Å². The number of ether oxygens (including phenoxy) is 1. The molecule has 5 nitrogen and oxygen atoms in total. The summed E-state index contributed by atoms with van der Waals surface area (Å²) in [6.07, 6.45) is 4.70. The molecule has 2 unspecified atom stereocenters. The molecule has 0 aliphatic heterocycles. The summed E-state index contributed by atoms with van der Waals surface area (Å²) in [7, 11) is 0. The molecule has 0 aromatic heterocycles. The van der Waals surface area contributed by atoms with Gasteiger partial charge in [0.25, 0.3) is 0 Å². The van der Waals surface area contributed by atoms with Crippen molar-refractivity contribution >= 4 is 11.6 Å². The van der Waals surface area contributed by atoms with Crippen LogP contribution >= 0.6 is 0 Å². The molecular weight excluding hydrogens is 442 g/mol. The maximum absolute atomic E-state index is 17.3. The first kappa shape index (κ1) is 25.6. The Labute approximate surface area is 200 Å². The van der Waals surface area contributed by atoms with Crippen LogP contribution in [0, 0.1) is 28.6 Å². The van der Waals surface area contributed by atoms with Crippen LogP contribution in [0.2, 0.25) is 0 Å². The fraction of sp³-hybridized carbons (Fsp3) is 0.778. The van der Waals surface area contributed by atoms with Crippen molar-refractivity contribution in [3.05, 3.63) is 23.6 Å². The smallest absolute Gasteiger partial charge is 0.213 e. The van der Waals surface area contributed by atoms with Gasteiger partial charge >= 0.3 is 0 Å². The van der Waals surface area contributed by atoms with Gasteiger partial charge in [-0.15, -0.1) is 0 Å². The number of allylic oxidation sites excluding steroid dienone is 4. The van der Waals surface area contributed by atoms with Crippen LogP contribution < -0.4 is 0 Å². The topological polar surface area (TPSA) is 83.8 Å². The van der Waals surface area contributed by atoms with Crippen molar-refractivity contribution in [2.75, 3.05) is 13.2 Å². The van der Waals surface area contributed by atoms with E-state index in [1.54, 1.807) is 6.92 Å². The Bertz CT molecular complexity index is 930. The minimum atomic E-state index is -2.18. The molecule has 0 amide bonds. The third kappa shape index (κ3) is 3.05. The second kappa shape index (κ2) is 8.59. The van der Waals surface area contributed by atoms with Gasteiger partial charge in [0.05, 0.1) is 6.10 Å². The number of unbranched alkanes of at least 4 members (excludes halogenated alkanes) is 2. The van der Waals surface area contributed by atoms with E-state index in [0.29, 0.717) is 13.0 Å². The lowest BCUT2D eigenvalue weighted by atomic mass is 9.44. The largest absolute Gasteiger partial charge is 0.390 e. The molecule has 0 radical (unpaired) electrons. The number of Topliss-reactive ketones (excluding diaryl/α,β-unsaturated/α-hetero) is 1. The van der Waals surface area contributed by atoms with Crippen LogP contribution in [0.15, 0.2) is 23.6 Å². The van der Waals surface area contributed by atoms with Crippen molar-refractivity contribution in [1.29, 1.82) is 0 Å². The molecule has 4 rings (SSSR count). The summed E-state index contributed by atoms with van der Waals surface area (Å²) in [5.74, 6) is -3.31. The van der Waals surface area contributed by atoms with Crippen LogP contribution in [0.25, 0.3) is 0 Å². The van der Waals surface area contributed by atoms with Gasteiger partial charge in [0.1, 0.15) is 12.2 Å². The van der Waals surface area contributed by atoms with Gasteiger partial charge in [-0.25, -0.2) is 8.78 Å². The molecule has 3 fully saturated rings. The molecule has 190 valence electrons. The monoisotopic (exact) mass is 480 g/mol. The zero-order valence-electron chi connectivity index (χ0n) is 20.7. The number of aliphatic hydroxyl groups excluding tert-OH is 2. The van der Waals surface area contributed by atoms with Crippen molar-refractivity contribution in [2.45, 2.75) is 90.0 Å². The minimum absolute atomic E-state index is 0.0409. The van der Waals surface area contributed by atoms with Crippen molar-refractivity contribution in [3.8, 4) is 0 Å². The Hall–Kier alpha value is -1.44. The molecule has 4 aliphatic rings. The predicted molar refractivity (Wildman–Crippen MR) is 123 cm³/mol. The van der Waals surface area contributed by atoms with Crippen molar-refractivity contribution in [3.63, 3.8) is 0 Å². The highest BCUT2D eigenvalue weighted by Gasteiger charge is 2.76. The SMILES string of the molecule is CCCCCO[C@]1(C(=O)CO)C(C)C[C@H]2[C@@H]3CCC4=C(F)C(=O)C=C[C@]4(C)[C@@]3(F)C(O)C[C@@]21C. The zero-order chi connectivity index (χ0) is 25.1. The molecule has 0 saturated heterocycles. The number of halogens is 2. The van der Waals surface area contributed by atoms with Gasteiger partial charge in [0, 0.05) is 23.4 Å². The van der Waals surface area contributed by atoms with E-state index in [-0.39, 0.29) is 36.7 Å². The standard InChI is InChI=1S/C27H38F2O5/c1-5-6-7-12-34-27(22(33)15-30)16(2)13-19-17-8-9-18-23(28)20(31)10-11-24(18,3)26(17,29)21(32)14-25(19,27)4/h10-11,16-17,19,21,30,32H,5-9,12-15H2,1-4H3/t16?,17-,19-,21?,24-,25-,26-,27-/m0/s1. The molecule has 0 spiro atoms. The van der Waals surface area contributed by atoms with E-state index in [2.05, 4.69) is 6.92 Å². The average Bonchev–Trinajstić information content (AvgIpc) is 3.02. The van der Waals surface area contributed by atoms with E-state index >= 15 is 4.39 Å². The first-order valence-corrected chi connectivity index (χ1v) is 12.7. The van der Waals surface area contributed by atoms with Gasteiger partial charge in [-0.2, -0.15) is 0 Å². The van der Waals surface area contributed by atoms with Crippen LogP contribution in [-0.4, -0.2) is 52.4 Å². The molecule has 2 N–H and O–H groups in total. The van der Waals surface area contributed by atoms with Crippen molar-refractivity contribution in [1.82, 2.24) is 0 Å². The zero-order valence-corrected chi connectivity index (χ0v) is 20.7. The fourth-order valence-corrected chi connectivity index (χ4v) is 8.29. The Morgan fingerprint density at radius 2 is 1.97 bits per heavy atom. The number of fused-ring (bicyclic) bond motifs is 5. The number of aliphatic hydroxyl groups is 2. The molecule has 3 saturated carbocycles. The highest BCUT2D eigenvalue weighted by Crippen LogP contribution is 2.71. The first-order valence-electron chi connectivity index (χ1n) is 12.7. The van der Waals surface area contributed by atoms with E-state index < -0.39 is 58.1 Å². The Kier molecular flexibility index (Phi) is 6.48. The summed E-state index contributed by atoms with van der Waals surface area (Å²) in [5, 5.41) is 21.4. The van der Waals surface area contributed by atoms with Crippen LogP contribution in [0.3, 0.4) is 0 Å². The average molecular weight is 481 g/mol. The third-order valence-corrected chi connectivity index (χ3v) is 9.91. The van der Waals surface area contributed by atoms with E-state index in [9.17, 15) is 24.2 Å². The van der Waals surface area contributed by atoms with Gasteiger partial charge in [0.2, 0.25) is 5.78 Å². The van der Waals surface area contributed by atoms with E-state index in [4.69, 9.17) is 4.74 Å². The normalized spacial score (nSPS) is 45.7. The van der Waals surface area contributed by atoms with Gasteiger partial charge in [-0.3, -0.25) is 9.59 Å². The Balaban J connectivity index is 1.79. The third-order valence-electron chi connectivity index (χ3n) is 9.91. The van der Waals surface area contributed by atoms with Crippen molar-refractivity contribution in [2.24, 2.45) is 28.6 Å². The molecule has 0 heterocycles. The summed E-state index contributed by atoms with van der Waals surface area (Å²) in [5.41, 5.74) is -5.70. The van der Waals surface area contributed by atoms with Crippen LogP contribution in [0.5, 0.6) is 0 Å². The molecule has 8 atom stereocenters. The Morgan fingerprint density at radius 3 is 2.62 bits per heavy atom. The number of rotatable bonds is 7. The maximum Gasteiger partial charge on any atom is 0.213 e. The lowest BCUT2D eigenvalue weighted by molar-refractivity contribution is -0.229. The van der Waals surface area contributed by atoms with Crippen LogP contribution in [0.4, 0.5) is 8.78 Å². The molecule has 0 bridgehead atoms. The molecule has 34 heavy (non-hydrogen) atoms. The predicted octanol–water partition coefficient (Wildman–Crippen LogP) is 4.41. The molecule has 7 heteroatoms. The van der Waals surface area contributed by atoms with Crippen LogP contribution in [-0.2, 0) is 14.3 Å². The second-order valence-electron chi connectivity index (χ2n) is 11.4. The molecule has 0 aromatic rings. The maximum atomic E-state index is 17.3. The van der Waals surface area contributed by atoms with Gasteiger partial charge in [0.15, 0.2) is 17.3 Å².